The molecule has 1 aromatic heterocycles. The number of aromatic nitrogens is 2. The molecule has 0 unspecified atom stereocenters. The van der Waals surface area contributed by atoms with E-state index in [4.69, 9.17) is 23.2 Å². The van der Waals surface area contributed by atoms with E-state index < -0.39 is 5.82 Å². The molecule has 0 bridgehead atoms. The molecule has 2 aromatic carbocycles. The minimum atomic E-state index is -0.407. The molecule has 0 saturated heterocycles. The third-order valence-corrected chi connectivity index (χ3v) is 3.18. The van der Waals surface area contributed by atoms with E-state index in [1.807, 2.05) is 6.07 Å². The van der Waals surface area contributed by atoms with Crippen molar-refractivity contribution in [3.8, 4) is 11.3 Å². The molecule has 3 aromatic rings. The second-order valence-electron chi connectivity index (χ2n) is 3.89. The average Bonchev–Trinajstić information content (AvgIpc) is 2.72. The second kappa shape index (κ2) is 4.26. The van der Waals surface area contributed by atoms with E-state index in [1.165, 1.54) is 6.07 Å². The fraction of sp³-hybridized carbons (Fsp3) is 0. The summed E-state index contributed by atoms with van der Waals surface area (Å²) in [6, 6.07) is 9.82. The number of hydrogen-bond acceptors (Lipinski definition) is 1. The fourth-order valence-corrected chi connectivity index (χ4v) is 2.20. The SMILES string of the molecule is Fc1cc(Cl)ccc1-c1n[nH]c2ccc(Cl)cc12. The Balaban J connectivity index is 2.28. The van der Waals surface area contributed by atoms with Crippen LogP contribution in [0.4, 0.5) is 4.39 Å². The van der Waals surface area contributed by atoms with Gasteiger partial charge in [0, 0.05) is 21.0 Å². The summed E-state index contributed by atoms with van der Waals surface area (Å²) < 4.78 is 13.9. The number of nitrogens with one attached hydrogen (secondary N) is 1. The Morgan fingerprint density at radius 2 is 1.72 bits per heavy atom. The van der Waals surface area contributed by atoms with Crippen LogP contribution >= 0.6 is 23.2 Å². The highest BCUT2D eigenvalue weighted by Crippen LogP contribution is 2.31. The van der Waals surface area contributed by atoms with Gasteiger partial charge in [0.2, 0.25) is 0 Å². The van der Waals surface area contributed by atoms with Crippen molar-refractivity contribution in [1.82, 2.24) is 10.2 Å². The fourth-order valence-electron chi connectivity index (χ4n) is 1.87. The molecule has 0 aliphatic heterocycles. The highest BCUT2D eigenvalue weighted by atomic mass is 35.5. The lowest BCUT2D eigenvalue weighted by atomic mass is 10.1. The summed E-state index contributed by atoms with van der Waals surface area (Å²) >= 11 is 11.7. The van der Waals surface area contributed by atoms with Crippen molar-refractivity contribution in [3.05, 3.63) is 52.3 Å². The first-order valence-corrected chi connectivity index (χ1v) is 6.00. The molecule has 0 fully saturated rings. The Morgan fingerprint density at radius 3 is 2.50 bits per heavy atom. The molecule has 0 radical (unpaired) electrons. The van der Waals surface area contributed by atoms with Gasteiger partial charge >= 0.3 is 0 Å². The van der Waals surface area contributed by atoms with Crippen LogP contribution in [0.1, 0.15) is 0 Å². The molecule has 0 aliphatic rings. The van der Waals surface area contributed by atoms with Crippen LogP contribution in [-0.2, 0) is 0 Å². The number of nitrogens with zero attached hydrogens (tertiary/aromatic N) is 1. The maximum atomic E-state index is 13.9. The van der Waals surface area contributed by atoms with Crippen LogP contribution in [0.15, 0.2) is 36.4 Å². The molecule has 1 N–H and O–H groups in total. The van der Waals surface area contributed by atoms with Crippen LogP contribution in [0.25, 0.3) is 22.2 Å². The quantitative estimate of drug-likeness (QED) is 0.689. The zero-order chi connectivity index (χ0) is 12.7. The van der Waals surface area contributed by atoms with Gasteiger partial charge < -0.3 is 0 Å². The summed E-state index contributed by atoms with van der Waals surface area (Å²) in [4.78, 5) is 0. The summed E-state index contributed by atoms with van der Waals surface area (Å²) in [5.74, 6) is -0.407. The molecule has 1 heterocycles. The summed E-state index contributed by atoms with van der Waals surface area (Å²) in [5, 5.41) is 8.70. The third-order valence-electron chi connectivity index (χ3n) is 2.71. The van der Waals surface area contributed by atoms with Crippen molar-refractivity contribution in [2.24, 2.45) is 0 Å². The number of halogens is 3. The van der Waals surface area contributed by atoms with Gasteiger partial charge in [0.1, 0.15) is 11.5 Å². The molecule has 0 saturated carbocycles. The van der Waals surface area contributed by atoms with E-state index >= 15 is 0 Å². The van der Waals surface area contributed by atoms with E-state index in [0.29, 0.717) is 21.3 Å². The largest absolute Gasteiger partial charge is 0.277 e. The lowest BCUT2D eigenvalue weighted by Gasteiger charge is -2.01. The van der Waals surface area contributed by atoms with E-state index in [1.54, 1.807) is 24.3 Å². The van der Waals surface area contributed by atoms with Crippen LogP contribution in [-0.4, -0.2) is 10.2 Å². The van der Waals surface area contributed by atoms with Crippen molar-refractivity contribution in [2.45, 2.75) is 0 Å². The van der Waals surface area contributed by atoms with Crippen LogP contribution in [0.3, 0.4) is 0 Å². The normalized spacial score (nSPS) is 11.1. The third kappa shape index (κ3) is 1.85. The van der Waals surface area contributed by atoms with Gasteiger partial charge in [0.05, 0.1) is 5.52 Å². The zero-order valence-electron chi connectivity index (χ0n) is 9.05. The lowest BCUT2D eigenvalue weighted by Crippen LogP contribution is -1.85. The molecule has 0 spiro atoms. The van der Waals surface area contributed by atoms with Gasteiger partial charge in [0.25, 0.3) is 0 Å². The Hall–Kier alpha value is -1.58. The maximum absolute atomic E-state index is 13.9. The minimum absolute atomic E-state index is 0.356. The average molecular weight is 281 g/mol. The van der Waals surface area contributed by atoms with Crippen molar-refractivity contribution in [3.63, 3.8) is 0 Å². The van der Waals surface area contributed by atoms with E-state index in [-0.39, 0.29) is 0 Å². The summed E-state index contributed by atoms with van der Waals surface area (Å²) in [7, 11) is 0. The Morgan fingerprint density at radius 1 is 1.00 bits per heavy atom. The summed E-state index contributed by atoms with van der Waals surface area (Å²) in [6.45, 7) is 0. The molecule has 90 valence electrons. The van der Waals surface area contributed by atoms with Crippen LogP contribution < -0.4 is 0 Å². The molecule has 5 heteroatoms. The molecule has 0 atom stereocenters. The summed E-state index contributed by atoms with van der Waals surface area (Å²) in [6.07, 6.45) is 0. The first kappa shape index (κ1) is 11.5. The van der Waals surface area contributed by atoms with Crippen molar-refractivity contribution < 1.29 is 4.39 Å². The minimum Gasteiger partial charge on any atom is -0.277 e. The Bertz CT molecular complexity index is 737. The number of rotatable bonds is 1. The van der Waals surface area contributed by atoms with Gasteiger partial charge in [-0.15, -0.1) is 0 Å². The van der Waals surface area contributed by atoms with Gasteiger partial charge in [0.15, 0.2) is 0 Å². The maximum Gasteiger partial charge on any atom is 0.134 e. The molecule has 18 heavy (non-hydrogen) atoms. The van der Waals surface area contributed by atoms with E-state index in [9.17, 15) is 4.39 Å². The van der Waals surface area contributed by atoms with Crippen LogP contribution in [0.5, 0.6) is 0 Å². The number of aromatic amines is 1. The van der Waals surface area contributed by atoms with Crippen molar-refractivity contribution >= 4 is 34.1 Å². The molecular formula is C13H7Cl2FN2. The lowest BCUT2D eigenvalue weighted by molar-refractivity contribution is 0.631. The summed E-state index contributed by atoms with van der Waals surface area (Å²) in [5.41, 5.74) is 1.73. The smallest absolute Gasteiger partial charge is 0.134 e. The van der Waals surface area contributed by atoms with Crippen molar-refractivity contribution in [2.75, 3.05) is 0 Å². The second-order valence-corrected chi connectivity index (χ2v) is 4.76. The molecular weight excluding hydrogens is 274 g/mol. The molecule has 3 rings (SSSR count). The Labute approximate surface area is 112 Å². The number of fused-ring (bicyclic) bond motifs is 1. The van der Waals surface area contributed by atoms with E-state index in [0.717, 1.165) is 10.9 Å². The topological polar surface area (TPSA) is 28.7 Å². The first-order valence-electron chi connectivity index (χ1n) is 5.24. The van der Waals surface area contributed by atoms with Crippen LogP contribution in [0.2, 0.25) is 10.0 Å². The van der Waals surface area contributed by atoms with Crippen molar-refractivity contribution in [1.29, 1.82) is 0 Å². The Kier molecular flexibility index (Phi) is 2.73. The highest BCUT2D eigenvalue weighted by molar-refractivity contribution is 6.31. The predicted molar refractivity (Wildman–Crippen MR) is 71.5 cm³/mol. The standard InChI is InChI=1S/C13H7Cl2FN2/c14-7-2-4-12-10(5-7)13(18-17-12)9-3-1-8(15)6-11(9)16/h1-6H,(H,17,18). The zero-order valence-corrected chi connectivity index (χ0v) is 10.6. The molecule has 0 aliphatic carbocycles. The van der Waals surface area contributed by atoms with Gasteiger partial charge in [-0.2, -0.15) is 5.10 Å². The van der Waals surface area contributed by atoms with E-state index in [2.05, 4.69) is 10.2 Å². The van der Waals surface area contributed by atoms with Gasteiger partial charge in [-0.25, -0.2) is 4.39 Å². The number of hydrogen-bond donors (Lipinski definition) is 1. The first-order chi connectivity index (χ1) is 8.65. The predicted octanol–water partition coefficient (Wildman–Crippen LogP) is 4.68. The molecule has 2 nitrogen and oxygen atoms in total. The monoisotopic (exact) mass is 280 g/mol. The van der Waals surface area contributed by atoms with Crippen LogP contribution in [0, 0.1) is 5.82 Å². The van der Waals surface area contributed by atoms with Gasteiger partial charge in [-0.05, 0) is 36.4 Å². The van der Waals surface area contributed by atoms with Gasteiger partial charge in [-0.1, -0.05) is 23.2 Å². The number of benzene rings is 2. The highest BCUT2D eigenvalue weighted by Gasteiger charge is 2.12. The van der Waals surface area contributed by atoms with Gasteiger partial charge in [-0.3, -0.25) is 5.10 Å². The number of H-pyrrole nitrogens is 1. The molecule has 0 amide bonds.